The maximum Gasteiger partial charge on any atom is 0.312 e. The summed E-state index contributed by atoms with van der Waals surface area (Å²) in [5, 5.41) is 22.0. The summed E-state index contributed by atoms with van der Waals surface area (Å²) >= 11 is 6.24. The van der Waals surface area contributed by atoms with E-state index in [0.29, 0.717) is 23.7 Å². The van der Waals surface area contributed by atoms with Gasteiger partial charge in [0.1, 0.15) is 11.5 Å². The predicted octanol–water partition coefficient (Wildman–Crippen LogP) is 2.51. The van der Waals surface area contributed by atoms with Crippen molar-refractivity contribution in [3.05, 3.63) is 58.1 Å². The molecule has 0 saturated carbocycles. The minimum Gasteiger partial charge on any atom is -0.508 e. The van der Waals surface area contributed by atoms with Gasteiger partial charge in [-0.05, 0) is 40.8 Å². The number of amides is 2. The Morgan fingerprint density at radius 3 is 2.62 bits per heavy atom. The van der Waals surface area contributed by atoms with Crippen LogP contribution in [0.25, 0.3) is 0 Å². The number of hydrogen-bond acceptors (Lipinski definition) is 4. The molecule has 1 heterocycles. The molecule has 0 fully saturated rings. The molecule has 1 aliphatic rings. The molecule has 26 heavy (non-hydrogen) atoms. The number of hydrogen-bond donors (Lipinski definition) is 3. The lowest BCUT2D eigenvalue weighted by Crippen LogP contribution is -2.45. The highest BCUT2D eigenvalue weighted by atomic mass is 35.5. The molecule has 1 atom stereocenters. The van der Waals surface area contributed by atoms with Crippen molar-refractivity contribution < 1.29 is 19.8 Å². The number of benzene rings is 2. The summed E-state index contributed by atoms with van der Waals surface area (Å²) in [6, 6.07) is 9.64. The van der Waals surface area contributed by atoms with Gasteiger partial charge in [0.15, 0.2) is 0 Å². The Hall–Kier alpha value is -2.73. The highest BCUT2D eigenvalue weighted by Crippen LogP contribution is 2.32. The summed E-state index contributed by atoms with van der Waals surface area (Å²) in [4.78, 5) is 26.2. The van der Waals surface area contributed by atoms with Crippen LogP contribution >= 0.6 is 11.6 Å². The molecular weight excluding hydrogens is 356 g/mol. The Labute approximate surface area is 156 Å². The first kappa shape index (κ1) is 18.1. The summed E-state index contributed by atoms with van der Waals surface area (Å²) in [6.07, 6.45) is 0. The second kappa shape index (κ2) is 7.25. The number of phenolic OH excluding ortho intramolecular Hbond substituents is 2. The van der Waals surface area contributed by atoms with Gasteiger partial charge in [-0.25, -0.2) is 0 Å². The third-order valence-corrected chi connectivity index (χ3v) is 4.78. The van der Waals surface area contributed by atoms with Crippen LogP contribution in [0, 0.1) is 0 Å². The van der Waals surface area contributed by atoms with Gasteiger partial charge in [0, 0.05) is 30.7 Å². The van der Waals surface area contributed by atoms with Crippen LogP contribution in [0.4, 0.5) is 0 Å². The van der Waals surface area contributed by atoms with Crippen LogP contribution in [0.2, 0.25) is 5.02 Å². The van der Waals surface area contributed by atoms with Gasteiger partial charge in [0.2, 0.25) is 0 Å². The lowest BCUT2D eigenvalue weighted by Gasteiger charge is -2.33. The normalized spacial score (nSPS) is 16.1. The standard InChI is InChI=1S/C19H19ClN2O4/c1-11-9-22(10-16-15(11)3-2-4-17(16)20)19(26)18(25)21-8-12-5-13(23)7-14(24)6-12/h2-7,11,23-24H,8-10H2,1H3,(H,21,25). The summed E-state index contributed by atoms with van der Waals surface area (Å²) in [5.41, 5.74) is 2.45. The molecule has 7 heteroatoms. The second-order valence-electron chi connectivity index (χ2n) is 6.43. The van der Waals surface area contributed by atoms with Gasteiger partial charge in [0.05, 0.1) is 0 Å². The first-order chi connectivity index (χ1) is 12.3. The van der Waals surface area contributed by atoms with Gasteiger partial charge >= 0.3 is 11.8 Å². The lowest BCUT2D eigenvalue weighted by atomic mass is 9.91. The number of carbonyl (C=O) groups excluding carboxylic acids is 2. The number of carbonyl (C=O) groups is 2. The molecule has 6 nitrogen and oxygen atoms in total. The number of phenols is 2. The zero-order valence-corrected chi connectivity index (χ0v) is 15.0. The van der Waals surface area contributed by atoms with E-state index in [4.69, 9.17) is 11.6 Å². The molecule has 0 saturated heterocycles. The molecule has 0 spiro atoms. The molecule has 0 radical (unpaired) electrons. The molecular formula is C19H19ClN2O4. The minimum atomic E-state index is -0.740. The Morgan fingerprint density at radius 2 is 1.92 bits per heavy atom. The maximum absolute atomic E-state index is 12.5. The molecule has 0 bridgehead atoms. The Morgan fingerprint density at radius 1 is 1.23 bits per heavy atom. The molecule has 1 unspecified atom stereocenters. The maximum atomic E-state index is 12.5. The molecule has 3 N–H and O–H groups in total. The van der Waals surface area contributed by atoms with E-state index < -0.39 is 11.8 Å². The van der Waals surface area contributed by atoms with Crippen LogP contribution in [0.15, 0.2) is 36.4 Å². The third-order valence-electron chi connectivity index (χ3n) is 4.43. The van der Waals surface area contributed by atoms with E-state index in [2.05, 4.69) is 5.32 Å². The SMILES string of the molecule is CC1CN(C(=O)C(=O)NCc2cc(O)cc(O)c2)Cc2c(Cl)cccc21. The van der Waals surface area contributed by atoms with E-state index in [1.165, 1.54) is 23.1 Å². The number of nitrogens with one attached hydrogen (secondary N) is 1. The fraction of sp³-hybridized carbons (Fsp3) is 0.263. The van der Waals surface area contributed by atoms with Gasteiger partial charge in [-0.15, -0.1) is 0 Å². The average Bonchev–Trinajstić information content (AvgIpc) is 2.59. The highest BCUT2D eigenvalue weighted by molar-refractivity contribution is 6.35. The van der Waals surface area contributed by atoms with Gasteiger partial charge in [-0.3, -0.25) is 9.59 Å². The Bertz CT molecular complexity index is 848. The molecule has 136 valence electrons. The Balaban J connectivity index is 1.67. The second-order valence-corrected chi connectivity index (χ2v) is 6.84. The topological polar surface area (TPSA) is 89.9 Å². The molecule has 1 aliphatic heterocycles. The van der Waals surface area contributed by atoms with Crippen LogP contribution in [0.3, 0.4) is 0 Å². The number of halogens is 1. The summed E-state index contributed by atoms with van der Waals surface area (Å²) in [5.74, 6) is -1.52. The van der Waals surface area contributed by atoms with E-state index >= 15 is 0 Å². The van der Waals surface area contributed by atoms with E-state index in [-0.39, 0.29) is 24.0 Å². The fourth-order valence-electron chi connectivity index (χ4n) is 3.20. The van der Waals surface area contributed by atoms with Gasteiger partial charge < -0.3 is 20.4 Å². The van der Waals surface area contributed by atoms with E-state index in [1.54, 1.807) is 6.07 Å². The van der Waals surface area contributed by atoms with E-state index in [1.807, 2.05) is 19.1 Å². The largest absolute Gasteiger partial charge is 0.508 e. The van der Waals surface area contributed by atoms with Crippen LogP contribution in [-0.4, -0.2) is 33.5 Å². The highest BCUT2D eigenvalue weighted by Gasteiger charge is 2.30. The van der Waals surface area contributed by atoms with Crippen LogP contribution in [-0.2, 0) is 22.7 Å². The van der Waals surface area contributed by atoms with Crippen molar-refractivity contribution in [1.82, 2.24) is 10.2 Å². The van der Waals surface area contributed by atoms with Gasteiger partial charge in [0.25, 0.3) is 0 Å². The minimum absolute atomic E-state index is 0.0211. The number of rotatable bonds is 2. The first-order valence-corrected chi connectivity index (χ1v) is 8.59. The van der Waals surface area contributed by atoms with Crippen LogP contribution < -0.4 is 5.32 Å². The Kier molecular flexibility index (Phi) is 5.04. The van der Waals surface area contributed by atoms with E-state index in [9.17, 15) is 19.8 Å². The molecule has 2 amide bonds. The fourth-order valence-corrected chi connectivity index (χ4v) is 3.44. The number of fused-ring (bicyclic) bond motifs is 1. The summed E-state index contributed by atoms with van der Waals surface area (Å²) < 4.78 is 0. The number of aromatic hydroxyl groups is 2. The average molecular weight is 375 g/mol. The van der Waals surface area contributed by atoms with Crippen LogP contribution in [0.5, 0.6) is 11.5 Å². The van der Waals surface area contributed by atoms with Gasteiger partial charge in [-0.1, -0.05) is 30.7 Å². The van der Waals surface area contributed by atoms with Crippen molar-refractivity contribution in [3.8, 4) is 11.5 Å². The first-order valence-electron chi connectivity index (χ1n) is 8.21. The lowest BCUT2D eigenvalue weighted by molar-refractivity contribution is -0.146. The van der Waals surface area contributed by atoms with Gasteiger partial charge in [-0.2, -0.15) is 0 Å². The predicted molar refractivity (Wildman–Crippen MR) is 96.9 cm³/mol. The molecule has 3 rings (SSSR count). The zero-order chi connectivity index (χ0) is 18.8. The van der Waals surface area contributed by atoms with Crippen molar-refractivity contribution in [2.24, 2.45) is 0 Å². The molecule has 2 aromatic carbocycles. The van der Waals surface area contributed by atoms with Crippen molar-refractivity contribution in [2.45, 2.75) is 25.9 Å². The summed E-state index contributed by atoms with van der Waals surface area (Å²) in [7, 11) is 0. The smallest absolute Gasteiger partial charge is 0.312 e. The van der Waals surface area contributed by atoms with E-state index in [0.717, 1.165) is 11.1 Å². The number of nitrogens with zero attached hydrogens (tertiary/aromatic N) is 1. The van der Waals surface area contributed by atoms with Crippen molar-refractivity contribution in [2.75, 3.05) is 6.54 Å². The zero-order valence-electron chi connectivity index (χ0n) is 14.2. The molecule has 2 aromatic rings. The quantitative estimate of drug-likeness (QED) is 0.704. The van der Waals surface area contributed by atoms with Crippen LogP contribution in [0.1, 0.15) is 29.5 Å². The summed E-state index contributed by atoms with van der Waals surface area (Å²) in [6.45, 7) is 2.74. The van der Waals surface area contributed by atoms with Crippen molar-refractivity contribution >= 4 is 23.4 Å². The molecule has 0 aromatic heterocycles. The molecule has 0 aliphatic carbocycles. The van der Waals surface area contributed by atoms with Crippen molar-refractivity contribution in [3.63, 3.8) is 0 Å². The van der Waals surface area contributed by atoms with Crippen molar-refractivity contribution in [1.29, 1.82) is 0 Å². The third kappa shape index (κ3) is 3.75. The monoisotopic (exact) mass is 374 g/mol.